The van der Waals surface area contributed by atoms with Crippen LogP contribution in [0.25, 0.3) is 0 Å². The Balaban J connectivity index is 1.36. The summed E-state index contributed by atoms with van der Waals surface area (Å²) in [6.07, 6.45) is 3.45. The average molecular weight is 365 g/mol. The van der Waals surface area contributed by atoms with Crippen molar-refractivity contribution in [3.63, 3.8) is 0 Å². The number of piperazine rings is 1. The minimum Gasteiger partial charge on any atom is -0.381 e. The van der Waals surface area contributed by atoms with Gasteiger partial charge in [0.15, 0.2) is 0 Å². The number of aromatic nitrogens is 2. The van der Waals surface area contributed by atoms with E-state index in [1.165, 1.54) is 0 Å². The Labute approximate surface area is 150 Å². The number of urea groups is 1. The maximum absolute atomic E-state index is 13.9. The molecule has 2 saturated heterocycles. The monoisotopic (exact) mass is 365 g/mol. The summed E-state index contributed by atoms with van der Waals surface area (Å²) in [6, 6.07) is 0.112. The fraction of sp³-hybridized carbons (Fsp3) is 0.706. The second-order valence-electron chi connectivity index (χ2n) is 7.17. The van der Waals surface area contributed by atoms with E-state index in [1.807, 2.05) is 4.90 Å². The highest BCUT2D eigenvalue weighted by molar-refractivity contribution is 5.74. The maximum atomic E-state index is 13.9. The third-order valence-electron chi connectivity index (χ3n) is 5.26. The van der Waals surface area contributed by atoms with E-state index in [9.17, 15) is 14.0 Å². The van der Waals surface area contributed by atoms with Gasteiger partial charge in [0.05, 0.1) is 5.69 Å². The van der Waals surface area contributed by atoms with Gasteiger partial charge in [-0.3, -0.25) is 9.78 Å². The van der Waals surface area contributed by atoms with Crippen molar-refractivity contribution >= 4 is 12.0 Å². The van der Waals surface area contributed by atoms with E-state index >= 15 is 0 Å². The molecule has 2 amide bonds. The molecule has 1 saturated carbocycles. The van der Waals surface area contributed by atoms with Gasteiger partial charge in [-0.2, -0.15) is 4.39 Å². The number of rotatable bonds is 3. The number of anilines is 1. The summed E-state index contributed by atoms with van der Waals surface area (Å²) in [5.74, 6) is -0.281. The van der Waals surface area contributed by atoms with E-state index in [0.29, 0.717) is 45.3 Å². The summed E-state index contributed by atoms with van der Waals surface area (Å²) >= 11 is 0. The van der Waals surface area contributed by atoms with Crippen LogP contribution in [-0.2, 0) is 4.74 Å². The first-order chi connectivity index (χ1) is 12.6. The number of nitrogens with one attached hydrogen (secondary N) is 2. The summed E-state index contributed by atoms with van der Waals surface area (Å²) in [5.41, 5.74) is -0.431. The number of H-pyrrole nitrogens is 1. The first-order valence-corrected chi connectivity index (χ1v) is 9.29. The lowest BCUT2D eigenvalue weighted by molar-refractivity contribution is 0.0779. The summed E-state index contributed by atoms with van der Waals surface area (Å²) in [7, 11) is 0. The van der Waals surface area contributed by atoms with Gasteiger partial charge >= 0.3 is 6.03 Å². The van der Waals surface area contributed by atoms with Crippen molar-refractivity contribution < 1.29 is 13.9 Å². The van der Waals surface area contributed by atoms with E-state index in [-0.39, 0.29) is 23.7 Å². The van der Waals surface area contributed by atoms with Gasteiger partial charge in [0.1, 0.15) is 0 Å². The van der Waals surface area contributed by atoms with E-state index in [2.05, 4.69) is 15.3 Å². The Morgan fingerprint density at radius 2 is 1.85 bits per heavy atom. The minimum atomic E-state index is -0.759. The predicted octanol–water partition coefficient (Wildman–Crippen LogP) is 0.797. The molecule has 2 N–H and O–H groups in total. The number of carbonyl (C=O) groups excluding carboxylic acids is 1. The molecule has 2 aliphatic heterocycles. The van der Waals surface area contributed by atoms with Crippen LogP contribution in [0.4, 0.5) is 15.1 Å². The molecule has 1 aromatic rings. The fourth-order valence-electron chi connectivity index (χ4n) is 3.47. The molecule has 3 heterocycles. The van der Waals surface area contributed by atoms with Crippen LogP contribution in [0.15, 0.2) is 4.79 Å². The molecule has 9 heteroatoms. The number of nitrogens with zero attached hydrogens (tertiary/aromatic N) is 3. The zero-order valence-electron chi connectivity index (χ0n) is 14.7. The van der Waals surface area contributed by atoms with Crippen molar-refractivity contribution in [2.75, 3.05) is 44.3 Å². The number of hydrogen-bond acceptors (Lipinski definition) is 5. The SMILES string of the molecule is O=C(NC1CCOCC1)N1CCN(c2nc(C3CC3)c(F)c(=O)[nH]2)CC1. The zero-order chi connectivity index (χ0) is 18.1. The number of halogens is 1. The largest absolute Gasteiger partial charge is 0.381 e. The lowest BCUT2D eigenvalue weighted by Gasteiger charge is -2.36. The summed E-state index contributed by atoms with van der Waals surface area (Å²) < 4.78 is 19.2. The zero-order valence-corrected chi connectivity index (χ0v) is 14.7. The quantitative estimate of drug-likeness (QED) is 0.827. The third-order valence-corrected chi connectivity index (χ3v) is 5.26. The van der Waals surface area contributed by atoms with Crippen molar-refractivity contribution in [3.05, 3.63) is 21.9 Å². The van der Waals surface area contributed by atoms with Crippen LogP contribution < -0.4 is 15.8 Å². The summed E-state index contributed by atoms with van der Waals surface area (Å²) in [4.78, 5) is 34.8. The average Bonchev–Trinajstić information content (AvgIpc) is 3.50. The molecule has 1 aromatic heterocycles. The van der Waals surface area contributed by atoms with Crippen molar-refractivity contribution in [2.45, 2.75) is 37.6 Å². The number of hydrogen-bond donors (Lipinski definition) is 2. The van der Waals surface area contributed by atoms with Gasteiger partial charge in [-0.1, -0.05) is 0 Å². The van der Waals surface area contributed by atoms with Crippen molar-refractivity contribution in [3.8, 4) is 0 Å². The van der Waals surface area contributed by atoms with Crippen molar-refractivity contribution in [1.29, 1.82) is 0 Å². The topological polar surface area (TPSA) is 90.6 Å². The van der Waals surface area contributed by atoms with Crippen molar-refractivity contribution in [2.24, 2.45) is 0 Å². The highest BCUT2D eigenvalue weighted by atomic mass is 19.1. The third kappa shape index (κ3) is 3.67. The van der Waals surface area contributed by atoms with Gasteiger partial charge < -0.3 is 19.9 Å². The molecule has 3 aliphatic rings. The van der Waals surface area contributed by atoms with Gasteiger partial charge in [0, 0.05) is 51.4 Å². The molecule has 0 atom stereocenters. The molecular weight excluding hydrogens is 341 g/mol. The minimum absolute atomic E-state index is 0.0595. The number of ether oxygens (including phenoxy) is 1. The molecule has 0 unspecified atom stereocenters. The number of amides is 2. The molecule has 142 valence electrons. The second kappa shape index (κ2) is 7.22. The van der Waals surface area contributed by atoms with Crippen LogP contribution in [0.5, 0.6) is 0 Å². The molecule has 8 nitrogen and oxygen atoms in total. The molecule has 3 fully saturated rings. The number of carbonyl (C=O) groups is 1. The molecule has 0 radical (unpaired) electrons. The Morgan fingerprint density at radius 1 is 1.15 bits per heavy atom. The second-order valence-corrected chi connectivity index (χ2v) is 7.17. The Hall–Kier alpha value is -2.16. The van der Waals surface area contributed by atoms with E-state index in [0.717, 1.165) is 25.7 Å². The molecule has 0 bridgehead atoms. The summed E-state index contributed by atoms with van der Waals surface area (Å²) in [5, 5.41) is 3.06. The van der Waals surface area contributed by atoms with E-state index in [1.54, 1.807) is 4.90 Å². The van der Waals surface area contributed by atoms with Crippen LogP contribution in [0.1, 0.15) is 37.3 Å². The van der Waals surface area contributed by atoms with Crippen LogP contribution in [-0.4, -0.2) is 66.3 Å². The van der Waals surface area contributed by atoms with E-state index in [4.69, 9.17) is 4.74 Å². The molecule has 1 aliphatic carbocycles. The maximum Gasteiger partial charge on any atom is 0.317 e. The standard InChI is InChI=1S/C17H24FN5O3/c18-13-14(11-1-2-11)20-16(21-15(13)24)22-5-7-23(8-6-22)17(25)19-12-3-9-26-10-4-12/h11-12H,1-10H2,(H,19,25)(H,20,21,24). The van der Waals surface area contributed by atoms with Gasteiger partial charge in [-0.05, 0) is 25.7 Å². The van der Waals surface area contributed by atoms with Crippen LogP contribution in [0.2, 0.25) is 0 Å². The van der Waals surface area contributed by atoms with Gasteiger partial charge in [-0.15, -0.1) is 0 Å². The Morgan fingerprint density at radius 3 is 2.50 bits per heavy atom. The molecule has 26 heavy (non-hydrogen) atoms. The summed E-state index contributed by atoms with van der Waals surface area (Å²) in [6.45, 7) is 3.56. The van der Waals surface area contributed by atoms with Crippen LogP contribution in [0.3, 0.4) is 0 Å². The molecule has 4 rings (SSSR count). The highest BCUT2D eigenvalue weighted by Crippen LogP contribution is 2.39. The lowest BCUT2D eigenvalue weighted by Crippen LogP contribution is -2.54. The Bertz CT molecular complexity index is 722. The predicted molar refractivity (Wildman–Crippen MR) is 92.9 cm³/mol. The lowest BCUT2D eigenvalue weighted by atomic mass is 10.1. The smallest absolute Gasteiger partial charge is 0.317 e. The molecule has 0 aromatic carbocycles. The van der Waals surface area contributed by atoms with Gasteiger partial charge in [-0.25, -0.2) is 9.78 Å². The highest BCUT2D eigenvalue weighted by Gasteiger charge is 2.31. The normalized spacial score (nSPS) is 21.7. The first-order valence-electron chi connectivity index (χ1n) is 9.29. The molecule has 0 spiro atoms. The number of aromatic amines is 1. The van der Waals surface area contributed by atoms with Crippen LogP contribution in [0, 0.1) is 5.82 Å². The Kier molecular flexibility index (Phi) is 4.80. The van der Waals surface area contributed by atoms with Gasteiger partial charge in [0.2, 0.25) is 11.8 Å². The van der Waals surface area contributed by atoms with Crippen LogP contribution >= 0.6 is 0 Å². The van der Waals surface area contributed by atoms with Crippen molar-refractivity contribution in [1.82, 2.24) is 20.2 Å². The first kappa shape index (κ1) is 17.3. The van der Waals surface area contributed by atoms with E-state index < -0.39 is 11.4 Å². The molecular formula is C17H24FN5O3. The van der Waals surface area contributed by atoms with Gasteiger partial charge in [0.25, 0.3) is 5.56 Å². The fourth-order valence-corrected chi connectivity index (χ4v) is 3.47.